The number of thiazole rings is 1. The van der Waals surface area contributed by atoms with Gasteiger partial charge in [-0.15, -0.1) is 35.3 Å². The molecule has 1 fully saturated rings. The molecule has 0 atom stereocenters. The average Bonchev–Trinajstić information content (AvgIpc) is 2.99. The van der Waals surface area contributed by atoms with Crippen molar-refractivity contribution in [3.05, 3.63) is 16.1 Å². The molecule has 0 amide bonds. The summed E-state index contributed by atoms with van der Waals surface area (Å²) in [5.41, 5.74) is 1.23. The number of aliphatic imine (C=N–C) groups is 1. The Morgan fingerprint density at radius 3 is 2.72 bits per heavy atom. The first-order valence-electron chi connectivity index (χ1n) is 9.17. The number of nitrogens with zero attached hydrogens (tertiary/aromatic N) is 4. The molecule has 5 nitrogen and oxygen atoms in total. The Labute approximate surface area is 174 Å². The van der Waals surface area contributed by atoms with E-state index < -0.39 is 0 Å². The predicted molar refractivity (Wildman–Crippen MR) is 119 cm³/mol. The zero-order valence-corrected chi connectivity index (χ0v) is 19.3. The summed E-state index contributed by atoms with van der Waals surface area (Å²) in [7, 11) is 4.01. The van der Waals surface area contributed by atoms with Crippen LogP contribution in [0, 0.1) is 12.8 Å². The van der Waals surface area contributed by atoms with E-state index >= 15 is 0 Å². The minimum Gasteiger partial charge on any atom is -0.356 e. The Balaban J connectivity index is 0.00000312. The summed E-state index contributed by atoms with van der Waals surface area (Å²) in [6.07, 6.45) is 4.95. The van der Waals surface area contributed by atoms with E-state index in [-0.39, 0.29) is 24.0 Å². The van der Waals surface area contributed by atoms with Gasteiger partial charge < -0.3 is 10.2 Å². The Bertz CT molecular complexity index is 511. The summed E-state index contributed by atoms with van der Waals surface area (Å²) < 4.78 is 0. The molecule has 1 saturated heterocycles. The minimum atomic E-state index is 0. The molecule has 1 aliphatic heterocycles. The Hall–Kier alpha value is -0.410. The van der Waals surface area contributed by atoms with Gasteiger partial charge in [0.1, 0.15) is 0 Å². The smallest absolute Gasteiger partial charge is 0.193 e. The van der Waals surface area contributed by atoms with E-state index in [9.17, 15) is 0 Å². The number of unbranched alkanes of at least 4 members (excludes halogenated alkanes) is 1. The molecular formula is C18H34IN5S. The number of halogens is 1. The standard InChI is InChI=1S/C18H33N5S.HI/c1-5-6-9-22(4)18(19-3)20-12-16-7-10-23(11-8-16)13-17-14-24-15(2)21-17;/h14,16H,5-13H2,1-4H3,(H,19,20);1H. The molecule has 1 aliphatic rings. The zero-order valence-electron chi connectivity index (χ0n) is 16.1. The number of nitrogens with one attached hydrogen (secondary N) is 1. The van der Waals surface area contributed by atoms with Crippen molar-refractivity contribution < 1.29 is 0 Å². The van der Waals surface area contributed by atoms with Crippen molar-refractivity contribution in [3.63, 3.8) is 0 Å². The summed E-state index contributed by atoms with van der Waals surface area (Å²) in [5.74, 6) is 1.78. The van der Waals surface area contributed by atoms with Gasteiger partial charge in [-0.2, -0.15) is 0 Å². The van der Waals surface area contributed by atoms with Crippen LogP contribution in [0.3, 0.4) is 0 Å². The number of aromatic nitrogens is 1. The fourth-order valence-corrected chi connectivity index (χ4v) is 3.78. The average molecular weight is 479 g/mol. The van der Waals surface area contributed by atoms with E-state index in [1.807, 2.05) is 7.05 Å². The number of likely N-dealkylation sites (tertiary alicyclic amines) is 1. The molecule has 0 aliphatic carbocycles. The second-order valence-corrected chi connectivity index (χ2v) is 7.84. The van der Waals surface area contributed by atoms with Crippen molar-refractivity contribution in [2.75, 3.05) is 40.3 Å². The molecule has 7 heteroatoms. The fraction of sp³-hybridized carbons (Fsp3) is 0.778. The summed E-state index contributed by atoms with van der Waals surface area (Å²) in [6.45, 7) is 9.77. The van der Waals surface area contributed by atoms with Crippen LogP contribution >= 0.6 is 35.3 Å². The first kappa shape index (κ1) is 22.6. The molecule has 1 aromatic rings. The van der Waals surface area contributed by atoms with E-state index in [4.69, 9.17) is 0 Å². The molecule has 1 N–H and O–H groups in total. The molecule has 1 aromatic heterocycles. The lowest BCUT2D eigenvalue weighted by atomic mass is 9.97. The molecule has 0 aromatic carbocycles. The highest BCUT2D eigenvalue weighted by atomic mass is 127. The maximum absolute atomic E-state index is 4.58. The lowest BCUT2D eigenvalue weighted by Gasteiger charge is -2.32. The van der Waals surface area contributed by atoms with E-state index in [1.165, 1.54) is 49.5 Å². The number of rotatable bonds is 7. The molecule has 0 unspecified atom stereocenters. The first-order chi connectivity index (χ1) is 11.6. The third kappa shape index (κ3) is 7.78. The van der Waals surface area contributed by atoms with Crippen molar-refractivity contribution in [2.45, 2.75) is 46.1 Å². The molecule has 2 heterocycles. The SMILES string of the molecule is CCCCN(C)C(=NC)NCC1CCN(Cc2csc(C)n2)CC1.I. The molecule has 0 bridgehead atoms. The van der Waals surface area contributed by atoms with Gasteiger partial charge in [0.15, 0.2) is 5.96 Å². The van der Waals surface area contributed by atoms with Gasteiger partial charge in [-0.05, 0) is 45.2 Å². The lowest BCUT2D eigenvalue weighted by molar-refractivity contribution is 0.176. The number of piperidine rings is 1. The molecular weight excluding hydrogens is 445 g/mol. The predicted octanol–water partition coefficient (Wildman–Crippen LogP) is 3.59. The van der Waals surface area contributed by atoms with Crippen LogP contribution in [0.15, 0.2) is 10.4 Å². The van der Waals surface area contributed by atoms with Crippen molar-refractivity contribution in [1.29, 1.82) is 0 Å². The highest BCUT2D eigenvalue weighted by Crippen LogP contribution is 2.19. The largest absolute Gasteiger partial charge is 0.356 e. The fourth-order valence-electron chi connectivity index (χ4n) is 3.18. The molecule has 0 radical (unpaired) electrons. The first-order valence-corrected chi connectivity index (χ1v) is 10.1. The normalized spacial score (nSPS) is 16.6. The van der Waals surface area contributed by atoms with Gasteiger partial charge >= 0.3 is 0 Å². The monoisotopic (exact) mass is 479 g/mol. The van der Waals surface area contributed by atoms with E-state index in [1.54, 1.807) is 11.3 Å². The molecule has 25 heavy (non-hydrogen) atoms. The quantitative estimate of drug-likeness (QED) is 0.369. The second kappa shape index (κ2) is 12.1. The minimum absolute atomic E-state index is 0. The van der Waals surface area contributed by atoms with Crippen LogP contribution in [0.4, 0.5) is 0 Å². The lowest BCUT2D eigenvalue weighted by Crippen LogP contribution is -2.43. The van der Waals surface area contributed by atoms with E-state index in [2.05, 4.69) is 51.4 Å². The van der Waals surface area contributed by atoms with E-state index in [0.717, 1.165) is 31.5 Å². The van der Waals surface area contributed by atoms with Gasteiger partial charge in [-0.1, -0.05) is 13.3 Å². The Morgan fingerprint density at radius 2 is 2.16 bits per heavy atom. The zero-order chi connectivity index (χ0) is 17.4. The summed E-state index contributed by atoms with van der Waals surface area (Å²) in [6, 6.07) is 0. The van der Waals surface area contributed by atoms with Gasteiger partial charge in [0, 0.05) is 39.1 Å². The van der Waals surface area contributed by atoms with Gasteiger partial charge in [-0.25, -0.2) is 4.98 Å². The summed E-state index contributed by atoms with van der Waals surface area (Å²) in [4.78, 5) is 13.8. The molecule has 144 valence electrons. The topological polar surface area (TPSA) is 43.8 Å². The molecule has 2 rings (SSSR count). The summed E-state index contributed by atoms with van der Waals surface area (Å²) >= 11 is 1.75. The third-order valence-corrected chi connectivity index (χ3v) is 5.55. The van der Waals surface area contributed by atoms with Crippen LogP contribution in [-0.4, -0.2) is 61.0 Å². The van der Waals surface area contributed by atoms with Gasteiger partial charge in [0.05, 0.1) is 10.7 Å². The maximum Gasteiger partial charge on any atom is 0.193 e. The van der Waals surface area contributed by atoms with Crippen molar-refractivity contribution >= 4 is 41.3 Å². The van der Waals surface area contributed by atoms with Crippen molar-refractivity contribution in [3.8, 4) is 0 Å². The Kier molecular flexibility index (Phi) is 10.9. The highest BCUT2D eigenvalue weighted by molar-refractivity contribution is 14.0. The van der Waals surface area contributed by atoms with Gasteiger partial charge in [0.25, 0.3) is 0 Å². The highest BCUT2D eigenvalue weighted by Gasteiger charge is 2.20. The van der Waals surface area contributed by atoms with Crippen LogP contribution in [-0.2, 0) is 6.54 Å². The van der Waals surface area contributed by atoms with Crippen LogP contribution < -0.4 is 5.32 Å². The Morgan fingerprint density at radius 1 is 1.44 bits per heavy atom. The van der Waals surface area contributed by atoms with Crippen molar-refractivity contribution in [1.82, 2.24) is 20.1 Å². The molecule has 0 saturated carbocycles. The number of guanidine groups is 1. The number of aryl methyl sites for hydroxylation is 1. The number of hydrogen-bond acceptors (Lipinski definition) is 4. The van der Waals surface area contributed by atoms with E-state index in [0.29, 0.717) is 0 Å². The summed E-state index contributed by atoms with van der Waals surface area (Å²) in [5, 5.41) is 6.93. The number of hydrogen-bond donors (Lipinski definition) is 1. The van der Waals surface area contributed by atoms with Gasteiger partial charge in [0.2, 0.25) is 0 Å². The maximum atomic E-state index is 4.58. The van der Waals surface area contributed by atoms with Crippen LogP contribution in [0.25, 0.3) is 0 Å². The van der Waals surface area contributed by atoms with Crippen LogP contribution in [0.1, 0.15) is 43.3 Å². The third-order valence-electron chi connectivity index (χ3n) is 4.73. The van der Waals surface area contributed by atoms with Gasteiger partial charge in [-0.3, -0.25) is 9.89 Å². The van der Waals surface area contributed by atoms with Crippen LogP contribution in [0.5, 0.6) is 0 Å². The molecule has 0 spiro atoms. The van der Waals surface area contributed by atoms with Crippen molar-refractivity contribution in [2.24, 2.45) is 10.9 Å². The van der Waals surface area contributed by atoms with Crippen LogP contribution in [0.2, 0.25) is 0 Å². The second-order valence-electron chi connectivity index (χ2n) is 6.78.